The number of aryl methyl sites for hydroxylation is 1. The van der Waals surface area contributed by atoms with Crippen LogP contribution in [0.5, 0.6) is 5.75 Å². The SMILES string of the molecule is COC(OC)C1CCN(c2ccc([C@@H]3c4ccc(O)cc4CC[C@@H]3C(C)C)cc2)CC1. The van der Waals surface area contributed by atoms with Gasteiger partial charge in [-0.1, -0.05) is 32.0 Å². The predicted molar refractivity (Wildman–Crippen MR) is 126 cm³/mol. The van der Waals surface area contributed by atoms with Crippen LogP contribution < -0.4 is 4.90 Å². The van der Waals surface area contributed by atoms with Crippen molar-refractivity contribution in [3.63, 3.8) is 0 Å². The smallest absolute Gasteiger partial charge is 0.159 e. The summed E-state index contributed by atoms with van der Waals surface area (Å²) in [5.41, 5.74) is 5.39. The van der Waals surface area contributed by atoms with Crippen molar-refractivity contribution in [3.05, 3.63) is 59.2 Å². The zero-order chi connectivity index (χ0) is 22.0. The number of hydrogen-bond acceptors (Lipinski definition) is 4. The second kappa shape index (κ2) is 9.62. The van der Waals surface area contributed by atoms with Gasteiger partial charge in [-0.2, -0.15) is 0 Å². The Bertz CT molecular complexity index is 851. The summed E-state index contributed by atoms with van der Waals surface area (Å²) in [7, 11) is 3.46. The zero-order valence-corrected chi connectivity index (χ0v) is 19.4. The molecule has 0 radical (unpaired) electrons. The monoisotopic (exact) mass is 423 g/mol. The molecule has 2 aromatic carbocycles. The van der Waals surface area contributed by atoms with E-state index in [0.717, 1.165) is 32.4 Å². The van der Waals surface area contributed by atoms with Gasteiger partial charge in [0.25, 0.3) is 0 Å². The molecule has 4 heteroatoms. The molecule has 0 unspecified atom stereocenters. The van der Waals surface area contributed by atoms with Crippen LogP contribution in [-0.2, 0) is 15.9 Å². The summed E-state index contributed by atoms with van der Waals surface area (Å²) in [6.07, 6.45) is 4.31. The van der Waals surface area contributed by atoms with Crippen molar-refractivity contribution in [1.82, 2.24) is 0 Å². The standard InChI is InChI=1S/C27H37NO3/c1-18(2)24-11-7-21-17-23(29)10-12-25(21)26(24)19-5-8-22(9-6-19)28-15-13-20(14-16-28)27(30-3)31-4/h5-6,8-10,12,17-18,20,24,26-27,29H,7,11,13-16H2,1-4H3/t24-,26+/m1/s1. The number of piperidine rings is 1. The van der Waals surface area contributed by atoms with Gasteiger partial charge in [0.2, 0.25) is 0 Å². The summed E-state index contributed by atoms with van der Waals surface area (Å²) in [6, 6.07) is 15.2. The van der Waals surface area contributed by atoms with E-state index in [1.807, 2.05) is 12.1 Å². The van der Waals surface area contributed by atoms with Crippen LogP contribution in [0.4, 0.5) is 5.69 Å². The Hall–Kier alpha value is -2.04. The van der Waals surface area contributed by atoms with E-state index in [4.69, 9.17) is 9.47 Å². The van der Waals surface area contributed by atoms with E-state index < -0.39 is 0 Å². The van der Waals surface area contributed by atoms with Gasteiger partial charge in [-0.05, 0) is 78.5 Å². The third-order valence-corrected chi connectivity index (χ3v) is 7.50. The molecule has 1 aliphatic heterocycles. The van der Waals surface area contributed by atoms with Crippen LogP contribution in [0.2, 0.25) is 0 Å². The molecule has 2 aliphatic rings. The molecule has 0 saturated carbocycles. The van der Waals surface area contributed by atoms with Crippen molar-refractivity contribution in [2.75, 3.05) is 32.2 Å². The number of methoxy groups -OCH3 is 2. The topological polar surface area (TPSA) is 41.9 Å². The fourth-order valence-electron chi connectivity index (χ4n) is 5.78. The normalized spacial score (nSPS) is 22.2. The first-order valence-electron chi connectivity index (χ1n) is 11.7. The third kappa shape index (κ3) is 4.61. The Morgan fingerprint density at radius 1 is 0.935 bits per heavy atom. The van der Waals surface area contributed by atoms with Gasteiger partial charge in [0.05, 0.1) is 0 Å². The van der Waals surface area contributed by atoms with E-state index in [1.165, 1.54) is 28.8 Å². The zero-order valence-electron chi connectivity index (χ0n) is 19.4. The fraction of sp³-hybridized carbons (Fsp3) is 0.556. The highest BCUT2D eigenvalue weighted by atomic mass is 16.7. The lowest BCUT2D eigenvalue weighted by Gasteiger charge is -2.38. The van der Waals surface area contributed by atoms with Crippen molar-refractivity contribution >= 4 is 5.69 Å². The number of anilines is 1. The highest BCUT2D eigenvalue weighted by Gasteiger charge is 2.33. The molecule has 4 rings (SSSR count). The number of ether oxygens (including phenoxy) is 2. The minimum atomic E-state index is -0.0942. The van der Waals surface area contributed by atoms with E-state index in [-0.39, 0.29) is 6.29 Å². The second-order valence-corrected chi connectivity index (χ2v) is 9.56. The van der Waals surface area contributed by atoms with Crippen molar-refractivity contribution in [3.8, 4) is 5.75 Å². The molecular formula is C27H37NO3. The largest absolute Gasteiger partial charge is 0.508 e. The molecule has 1 heterocycles. The number of phenols is 1. The molecule has 0 spiro atoms. The molecule has 168 valence electrons. The minimum Gasteiger partial charge on any atom is -0.508 e. The molecule has 1 aliphatic carbocycles. The van der Waals surface area contributed by atoms with Crippen LogP contribution >= 0.6 is 0 Å². The lowest BCUT2D eigenvalue weighted by molar-refractivity contribution is -0.141. The van der Waals surface area contributed by atoms with Crippen LogP contribution in [0.15, 0.2) is 42.5 Å². The van der Waals surface area contributed by atoms with Crippen LogP contribution in [0.3, 0.4) is 0 Å². The number of fused-ring (bicyclic) bond motifs is 1. The number of nitrogens with zero attached hydrogens (tertiary/aromatic N) is 1. The number of phenolic OH excluding ortho intramolecular Hbond substituents is 1. The van der Waals surface area contributed by atoms with Gasteiger partial charge in [-0.15, -0.1) is 0 Å². The fourth-order valence-corrected chi connectivity index (χ4v) is 5.78. The molecule has 1 saturated heterocycles. The maximum atomic E-state index is 9.96. The molecule has 31 heavy (non-hydrogen) atoms. The average Bonchev–Trinajstić information content (AvgIpc) is 2.79. The van der Waals surface area contributed by atoms with Crippen molar-refractivity contribution in [2.45, 2.75) is 51.7 Å². The predicted octanol–water partition coefficient (Wildman–Crippen LogP) is 5.58. The van der Waals surface area contributed by atoms with Gasteiger partial charge in [0.1, 0.15) is 5.75 Å². The van der Waals surface area contributed by atoms with Gasteiger partial charge in [-0.3, -0.25) is 0 Å². The Morgan fingerprint density at radius 2 is 1.61 bits per heavy atom. The van der Waals surface area contributed by atoms with Crippen molar-refractivity contribution < 1.29 is 14.6 Å². The van der Waals surface area contributed by atoms with Gasteiger partial charge in [-0.25, -0.2) is 0 Å². The van der Waals surface area contributed by atoms with E-state index in [1.54, 1.807) is 14.2 Å². The quantitative estimate of drug-likeness (QED) is 0.616. The first kappa shape index (κ1) is 22.2. The minimum absolute atomic E-state index is 0.0942. The Labute approximate surface area is 187 Å². The molecule has 4 nitrogen and oxygen atoms in total. The summed E-state index contributed by atoms with van der Waals surface area (Å²) in [5, 5.41) is 9.96. The molecule has 0 bridgehead atoms. The summed E-state index contributed by atoms with van der Waals surface area (Å²) in [6.45, 7) is 6.75. The van der Waals surface area contributed by atoms with Gasteiger partial charge < -0.3 is 19.5 Å². The molecule has 1 fully saturated rings. The average molecular weight is 424 g/mol. The number of benzene rings is 2. The first-order valence-corrected chi connectivity index (χ1v) is 11.7. The molecule has 0 aromatic heterocycles. The number of aromatic hydroxyl groups is 1. The maximum Gasteiger partial charge on any atom is 0.159 e. The van der Waals surface area contributed by atoms with Crippen LogP contribution in [0.25, 0.3) is 0 Å². The van der Waals surface area contributed by atoms with E-state index in [0.29, 0.717) is 29.4 Å². The number of hydrogen-bond donors (Lipinski definition) is 1. The summed E-state index contributed by atoms with van der Waals surface area (Å²) in [4.78, 5) is 2.48. The molecule has 2 aromatic rings. The van der Waals surface area contributed by atoms with E-state index in [2.05, 4.69) is 49.1 Å². The lowest BCUT2D eigenvalue weighted by atomic mass is 9.68. The highest BCUT2D eigenvalue weighted by molar-refractivity contribution is 5.51. The van der Waals surface area contributed by atoms with Crippen LogP contribution in [0.1, 0.15) is 55.7 Å². The Kier molecular flexibility index (Phi) is 6.88. The maximum absolute atomic E-state index is 9.96. The summed E-state index contributed by atoms with van der Waals surface area (Å²) >= 11 is 0. The van der Waals surface area contributed by atoms with Crippen LogP contribution in [0, 0.1) is 17.8 Å². The third-order valence-electron chi connectivity index (χ3n) is 7.50. The van der Waals surface area contributed by atoms with Gasteiger partial charge in [0, 0.05) is 44.8 Å². The van der Waals surface area contributed by atoms with Gasteiger partial charge >= 0.3 is 0 Å². The van der Waals surface area contributed by atoms with E-state index in [9.17, 15) is 5.11 Å². The Morgan fingerprint density at radius 3 is 2.23 bits per heavy atom. The lowest BCUT2D eigenvalue weighted by Crippen LogP contribution is -2.39. The first-order chi connectivity index (χ1) is 15.0. The highest BCUT2D eigenvalue weighted by Crippen LogP contribution is 2.45. The molecule has 1 N–H and O–H groups in total. The number of rotatable bonds is 6. The van der Waals surface area contributed by atoms with Crippen LogP contribution in [-0.4, -0.2) is 38.7 Å². The molecule has 2 atom stereocenters. The van der Waals surface area contributed by atoms with Crippen molar-refractivity contribution in [2.24, 2.45) is 17.8 Å². The molecular weight excluding hydrogens is 386 g/mol. The summed E-state index contributed by atoms with van der Waals surface area (Å²) < 4.78 is 10.9. The molecule has 0 amide bonds. The summed E-state index contributed by atoms with van der Waals surface area (Å²) in [5.74, 6) is 2.49. The van der Waals surface area contributed by atoms with Crippen molar-refractivity contribution in [1.29, 1.82) is 0 Å². The Balaban J connectivity index is 1.52. The van der Waals surface area contributed by atoms with E-state index >= 15 is 0 Å². The second-order valence-electron chi connectivity index (χ2n) is 9.56. The van der Waals surface area contributed by atoms with Gasteiger partial charge in [0.15, 0.2) is 6.29 Å².